The molecule has 0 fully saturated rings. The highest BCUT2D eigenvalue weighted by Crippen LogP contribution is 2.31. The van der Waals surface area contributed by atoms with Gasteiger partial charge in [0.15, 0.2) is 11.5 Å². The third-order valence-electron chi connectivity index (χ3n) is 1.95. The summed E-state index contributed by atoms with van der Waals surface area (Å²) in [6.45, 7) is 1.91. The molecule has 0 saturated heterocycles. The molecular formula is C9H13NO2. The van der Waals surface area contributed by atoms with Gasteiger partial charge in [0.1, 0.15) is 0 Å². The minimum atomic E-state index is -0.0744. The number of nitrogens with one attached hydrogen (secondary N) is 1. The lowest BCUT2D eigenvalue weighted by Crippen LogP contribution is -2.12. The zero-order valence-electron chi connectivity index (χ0n) is 7.20. The Kier molecular flexibility index (Phi) is 2.55. The first-order chi connectivity index (χ1) is 5.66. The molecule has 3 heteroatoms. The first kappa shape index (κ1) is 8.87. The molecule has 1 aromatic rings. The van der Waals surface area contributed by atoms with Crippen molar-refractivity contribution in [2.45, 2.75) is 13.0 Å². The molecule has 1 atom stereocenters. The predicted molar refractivity (Wildman–Crippen MR) is 47.2 cm³/mol. The van der Waals surface area contributed by atoms with Crippen LogP contribution in [0.1, 0.15) is 18.5 Å². The fraction of sp³-hybridized carbons (Fsp3) is 0.333. The number of hydrogen-bond donors (Lipinski definition) is 3. The standard InChI is InChI=1S/C9H13NO2/c1-6(10-2)7-4-3-5-8(11)9(7)12/h3-6,10-12H,1-2H3. The molecule has 0 heterocycles. The molecule has 1 rings (SSSR count). The van der Waals surface area contributed by atoms with Crippen LogP contribution in [-0.4, -0.2) is 17.3 Å². The molecule has 0 radical (unpaired) electrons. The van der Waals surface area contributed by atoms with Gasteiger partial charge in [-0.2, -0.15) is 0 Å². The molecule has 0 amide bonds. The summed E-state index contributed by atoms with van der Waals surface area (Å²) in [5, 5.41) is 21.6. The number of hydrogen-bond acceptors (Lipinski definition) is 3. The van der Waals surface area contributed by atoms with Gasteiger partial charge in [-0.25, -0.2) is 0 Å². The monoisotopic (exact) mass is 167 g/mol. The minimum absolute atomic E-state index is 0.0390. The van der Waals surface area contributed by atoms with E-state index in [2.05, 4.69) is 5.32 Å². The second-order valence-corrected chi connectivity index (χ2v) is 2.73. The van der Waals surface area contributed by atoms with Crippen LogP contribution in [0.2, 0.25) is 0 Å². The SMILES string of the molecule is CNC(C)c1cccc(O)c1O. The molecule has 12 heavy (non-hydrogen) atoms. The number of para-hydroxylation sites is 1. The Bertz CT molecular complexity index is 273. The van der Waals surface area contributed by atoms with Crippen molar-refractivity contribution in [3.8, 4) is 11.5 Å². The van der Waals surface area contributed by atoms with E-state index < -0.39 is 0 Å². The van der Waals surface area contributed by atoms with Gasteiger partial charge in [0.05, 0.1) is 0 Å². The zero-order valence-corrected chi connectivity index (χ0v) is 7.20. The summed E-state index contributed by atoms with van der Waals surface area (Å²) in [6, 6.07) is 4.98. The topological polar surface area (TPSA) is 52.5 Å². The van der Waals surface area contributed by atoms with Crippen molar-refractivity contribution in [1.29, 1.82) is 0 Å². The molecule has 0 bridgehead atoms. The first-order valence-corrected chi connectivity index (χ1v) is 3.85. The Morgan fingerprint density at radius 2 is 2.00 bits per heavy atom. The Morgan fingerprint density at radius 3 is 2.58 bits per heavy atom. The summed E-state index contributed by atoms with van der Waals surface area (Å²) in [7, 11) is 1.80. The van der Waals surface area contributed by atoms with Crippen molar-refractivity contribution in [1.82, 2.24) is 5.32 Å². The van der Waals surface area contributed by atoms with Crippen LogP contribution in [0, 0.1) is 0 Å². The van der Waals surface area contributed by atoms with E-state index in [-0.39, 0.29) is 17.5 Å². The minimum Gasteiger partial charge on any atom is -0.504 e. The van der Waals surface area contributed by atoms with Gasteiger partial charge in [0.2, 0.25) is 0 Å². The Hall–Kier alpha value is -1.22. The van der Waals surface area contributed by atoms with Gasteiger partial charge < -0.3 is 15.5 Å². The summed E-state index contributed by atoms with van der Waals surface area (Å²) in [5.41, 5.74) is 0.706. The fourth-order valence-electron chi connectivity index (χ4n) is 1.05. The van der Waals surface area contributed by atoms with Crippen molar-refractivity contribution < 1.29 is 10.2 Å². The van der Waals surface area contributed by atoms with Crippen LogP contribution in [0.15, 0.2) is 18.2 Å². The average Bonchev–Trinajstić information content (AvgIpc) is 2.08. The van der Waals surface area contributed by atoms with Crippen molar-refractivity contribution >= 4 is 0 Å². The third kappa shape index (κ3) is 1.51. The molecule has 1 aromatic carbocycles. The fourth-order valence-corrected chi connectivity index (χ4v) is 1.05. The highest BCUT2D eigenvalue weighted by atomic mass is 16.3. The van der Waals surface area contributed by atoms with Gasteiger partial charge in [-0.15, -0.1) is 0 Å². The van der Waals surface area contributed by atoms with Crippen LogP contribution in [0.3, 0.4) is 0 Å². The van der Waals surface area contributed by atoms with E-state index in [4.69, 9.17) is 5.11 Å². The lowest BCUT2D eigenvalue weighted by Gasteiger charge is -2.12. The molecule has 0 aliphatic rings. The molecule has 66 valence electrons. The highest BCUT2D eigenvalue weighted by molar-refractivity contribution is 5.45. The molecule has 3 N–H and O–H groups in total. The Labute approximate surface area is 71.7 Å². The average molecular weight is 167 g/mol. The van der Waals surface area contributed by atoms with E-state index in [0.29, 0.717) is 5.56 Å². The smallest absolute Gasteiger partial charge is 0.162 e. The number of benzene rings is 1. The van der Waals surface area contributed by atoms with E-state index >= 15 is 0 Å². The van der Waals surface area contributed by atoms with Crippen LogP contribution in [-0.2, 0) is 0 Å². The van der Waals surface area contributed by atoms with E-state index in [9.17, 15) is 5.11 Å². The lowest BCUT2D eigenvalue weighted by molar-refractivity contribution is 0.394. The van der Waals surface area contributed by atoms with Crippen LogP contribution in [0.25, 0.3) is 0 Å². The van der Waals surface area contributed by atoms with Crippen LogP contribution in [0.5, 0.6) is 11.5 Å². The van der Waals surface area contributed by atoms with Crippen LogP contribution >= 0.6 is 0 Å². The van der Waals surface area contributed by atoms with Gasteiger partial charge in [-0.05, 0) is 20.0 Å². The molecule has 0 aliphatic carbocycles. The summed E-state index contributed by atoms with van der Waals surface area (Å²) >= 11 is 0. The van der Waals surface area contributed by atoms with Gasteiger partial charge in [0.25, 0.3) is 0 Å². The second-order valence-electron chi connectivity index (χ2n) is 2.73. The maximum atomic E-state index is 9.41. The molecule has 0 aliphatic heterocycles. The summed E-state index contributed by atoms with van der Waals surface area (Å²) in [5.74, 6) is -0.117. The van der Waals surface area contributed by atoms with Crippen molar-refractivity contribution in [2.24, 2.45) is 0 Å². The van der Waals surface area contributed by atoms with E-state index in [0.717, 1.165) is 0 Å². The molecule has 0 aromatic heterocycles. The number of rotatable bonds is 2. The zero-order chi connectivity index (χ0) is 9.14. The second kappa shape index (κ2) is 3.45. The number of aromatic hydroxyl groups is 2. The van der Waals surface area contributed by atoms with E-state index in [1.807, 2.05) is 6.92 Å². The van der Waals surface area contributed by atoms with Gasteiger partial charge in [-0.1, -0.05) is 12.1 Å². The maximum absolute atomic E-state index is 9.41. The normalized spacial score (nSPS) is 12.8. The van der Waals surface area contributed by atoms with Gasteiger partial charge in [-0.3, -0.25) is 0 Å². The molecule has 0 spiro atoms. The summed E-state index contributed by atoms with van der Waals surface area (Å²) in [6.07, 6.45) is 0. The first-order valence-electron chi connectivity index (χ1n) is 3.85. The number of phenolic OH excluding ortho intramolecular Hbond substituents is 2. The van der Waals surface area contributed by atoms with E-state index in [1.165, 1.54) is 6.07 Å². The van der Waals surface area contributed by atoms with E-state index in [1.54, 1.807) is 19.2 Å². The van der Waals surface area contributed by atoms with Gasteiger partial charge >= 0.3 is 0 Å². The van der Waals surface area contributed by atoms with Crippen molar-refractivity contribution in [3.05, 3.63) is 23.8 Å². The lowest BCUT2D eigenvalue weighted by atomic mass is 10.1. The molecule has 1 unspecified atom stereocenters. The largest absolute Gasteiger partial charge is 0.504 e. The summed E-state index contributed by atoms with van der Waals surface area (Å²) in [4.78, 5) is 0. The summed E-state index contributed by atoms with van der Waals surface area (Å²) < 4.78 is 0. The molecular weight excluding hydrogens is 154 g/mol. The quantitative estimate of drug-likeness (QED) is 0.583. The Morgan fingerprint density at radius 1 is 1.33 bits per heavy atom. The van der Waals surface area contributed by atoms with Crippen molar-refractivity contribution in [2.75, 3.05) is 7.05 Å². The molecule has 0 saturated carbocycles. The van der Waals surface area contributed by atoms with Crippen molar-refractivity contribution in [3.63, 3.8) is 0 Å². The highest BCUT2D eigenvalue weighted by Gasteiger charge is 2.10. The van der Waals surface area contributed by atoms with Gasteiger partial charge in [0, 0.05) is 11.6 Å². The van der Waals surface area contributed by atoms with Crippen LogP contribution in [0.4, 0.5) is 0 Å². The molecule has 3 nitrogen and oxygen atoms in total. The third-order valence-corrected chi connectivity index (χ3v) is 1.95. The predicted octanol–water partition coefficient (Wildman–Crippen LogP) is 1.38. The van der Waals surface area contributed by atoms with Crippen LogP contribution < -0.4 is 5.32 Å². The Balaban J connectivity index is 3.07. The maximum Gasteiger partial charge on any atom is 0.162 e. The number of phenols is 2.